The van der Waals surface area contributed by atoms with Gasteiger partial charge < -0.3 is 0 Å². The van der Waals surface area contributed by atoms with Gasteiger partial charge in [-0.25, -0.2) is 8.42 Å². The fraction of sp³-hybridized carbons (Fsp3) is 0.636. The van der Waals surface area contributed by atoms with Crippen molar-refractivity contribution in [2.24, 2.45) is 5.92 Å². The molecule has 8 heteroatoms. The van der Waals surface area contributed by atoms with Crippen molar-refractivity contribution in [1.29, 1.82) is 0 Å². The van der Waals surface area contributed by atoms with Crippen LogP contribution in [-0.4, -0.2) is 50.8 Å². The van der Waals surface area contributed by atoms with Gasteiger partial charge in [0.15, 0.2) is 0 Å². The lowest BCUT2D eigenvalue weighted by Gasteiger charge is -2.33. The highest BCUT2D eigenvalue weighted by Crippen LogP contribution is 2.33. The molecule has 0 heterocycles. The third-order valence-corrected chi connectivity index (χ3v) is 7.58. The topological polar surface area (TPSA) is 40.6 Å². The van der Waals surface area contributed by atoms with Crippen molar-refractivity contribution in [2.75, 3.05) is 27.2 Å². The zero-order valence-electron chi connectivity index (χ0n) is 17.9. The van der Waals surface area contributed by atoms with Gasteiger partial charge in [-0.1, -0.05) is 12.8 Å². The fourth-order valence-corrected chi connectivity index (χ4v) is 5.18. The SMILES string of the molecule is CCCN(C)CC#CCC1CCC(N(C)S(=O)(=O)c2ccc(C(F)(F)F)cc2)CC1. The molecule has 0 bridgehead atoms. The standard InChI is InChI=1S/C22H31F3N2O2S/c1-4-16-26(2)17-6-5-7-18-8-12-20(13-9-18)27(3)30(28,29)21-14-10-19(11-15-21)22(23,24)25/h10-11,14-15,18,20H,4,7-9,12-13,16-17H2,1-3H3. The average molecular weight is 445 g/mol. The predicted octanol–water partition coefficient (Wildman–Crippen LogP) is 4.62. The Morgan fingerprint density at radius 1 is 1.03 bits per heavy atom. The van der Waals surface area contributed by atoms with Crippen LogP contribution in [0.2, 0.25) is 0 Å². The Hall–Kier alpha value is -1.56. The van der Waals surface area contributed by atoms with Gasteiger partial charge in [0.05, 0.1) is 17.0 Å². The molecule has 1 aliphatic carbocycles. The van der Waals surface area contributed by atoms with Crippen molar-refractivity contribution in [2.45, 2.75) is 62.6 Å². The summed E-state index contributed by atoms with van der Waals surface area (Å²) < 4.78 is 65.1. The van der Waals surface area contributed by atoms with E-state index in [0.717, 1.165) is 75.9 Å². The Labute approximate surface area is 178 Å². The van der Waals surface area contributed by atoms with Crippen LogP contribution in [0.4, 0.5) is 13.2 Å². The molecule has 1 saturated carbocycles. The van der Waals surface area contributed by atoms with E-state index in [4.69, 9.17) is 0 Å². The Kier molecular flexibility index (Phi) is 8.77. The third kappa shape index (κ3) is 6.73. The van der Waals surface area contributed by atoms with E-state index >= 15 is 0 Å². The Bertz CT molecular complexity index is 834. The van der Waals surface area contributed by atoms with Crippen LogP contribution in [-0.2, 0) is 16.2 Å². The lowest BCUT2D eigenvalue weighted by Crippen LogP contribution is -2.39. The summed E-state index contributed by atoms with van der Waals surface area (Å²) in [5.74, 6) is 6.91. The van der Waals surface area contributed by atoms with Crippen LogP contribution >= 0.6 is 0 Å². The van der Waals surface area contributed by atoms with Crippen LogP contribution < -0.4 is 0 Å². The number of hydrogen-bond donors (Lipinski definition) is 0. The minimum atomic E-state index is -4.49. The molecule has 0 amide bonds. The third-order valence-electron chi connectivity index (χ3n) is 5.66. The zero-order valence-corrected chi connectivity index (χ0v) is 18.7. The number of alkyl halides is 3. The second-order valence-corrected chi connectivity index (χ2v) is 10.0. The van der Waals surface area contributed by atoms with E-state index in [1.54, 1.807) is 0 Å². The molecule has 0 aromatic heterocycles. The Balaban J connectivity index is 1.90. The van der Waals surface area contributed by atoms with E-state index in [-0.39, 0.29) is 10.9 Å². The maximum atomic E-state index is 12.8. The number of rotatable bonds is 7. The summed E-state index contributed by atoms with van der Waals surface area (Å²) in [6, 6.07) is 3.55. The molecule has 0 saturated heterocycles. The molecule has 1 aromatic rings. The van der Waals surface area contributed by atoms with Crippen molar-refractivity contribution in [3.05, 3.63) is 29.8 Å². The van der Waals surface area contributed by atoms with E-state index < -0.39 is 21.8 Å². The summed E-state index contributed by atoms with van der Waals surface area (Å²) in [7, 11) is -0.255. The summed E-state index contributed by atoms with van der Waals surface area (Å²) in [4.78, 5) is 2.08. The summed E-state index contributed by atoms with van der Waals surface area (Å²) in [5, 5.41) is 0. The first-order valence-corrected chi connectivity index (χ1v) is 11.8. The molecule has 0 radical (unpaired) electrons. The van der Waals surface area contributed by atoms with Gasteiger partial charge in [0, 0.05) is 19.5 Å². The van der Waals surface area contributed by atoms with Gasteiger partial charge in [-0.05, 0) is 75.9 Å². The van der Waals surface area contributed by atoms with Crippen LogP contribution in [0.15, 0.2) is 29.2 Å². The Morgan fingerprint density at radius 3 is 2.17 bits per heavy atom. The van der Waals surface area contributed by atoms with Gasteiger partial charge in [-0.15, -0.1) is 5.92 Å². The zero-order chi connectivity index (χ0) is 22.4. The van der Waals surface area contributed by atoms with Gasteiger partial charge in [-0.3, -0.25) is 4.90 Å². The number of halogens is 3. The van der Waals surface area contributed by atoms with Crippen LogP contribution in [0.5, 0.6) is 0 Å². The number of nitrogens with zero attached hydrogens (tertiary/aromatic N) is 2. The maximum absolute atomic E-state index is 12.8. The van der Waals surface area contributed by atoms with E-state index in [0.29, 0.717) is 5.92 Å². The molecule has 0 N–H and O–H groups in total. The molecule has 0 unspecified atom stereocenters. The molecule has 0 aliphatic heterocycles. The number of benzene rings is 1. The number of hydrogen-bond acceptors (Lipinski definition) is 3. The van der Waals surface area contributed by atoms with Crippen molar-refractivity contribution in [3.8, 4) is 11.8 Å². The first-order chi connectivity index (χ1) is 14.1. The molecule has 0 spiro atoms. The van der Waals surface area contributed by atoms with E-state index in [1.165, 1.54) is 11.4 Å². The molecular formula is C22H31F3N2O2S. The smallest absolute Gasteiger partial charge is 0.295 e. The van der Waals surface area contributed by atoms with Crippen LogP contribution in [0, 0.1) is 17.8 Å². The highest BCUT2D eigenvalue weighted by atomic mass is 32.2. The van der Waals surface area contributed by atoms with Crippen molar-refractivity contribution < 1.29 is 21.6 Å². The number of sulfonamides is 1. The van der Waals surface area contributed by atoms with Crippen molar-refractivity contribution >= 4 is 10.0 Å². The Morgan fingerprint density at radius 2 is 1.63 bits per heavy atom. The molecule has 30 heavy (non-hydrogen) atoms. The molecular weight excluding hydrogens is 413 g/mol. The molecule has 168 valence electrons. The largest absolute Gasteiger partial charge is 0.416 e. The molecule has 2 rings (SSSR count). The lowest BCUT2D eigenvalue weighted by atomic mass is 9.84. The minimum absolute atomic E-state index is 0.109. The van der Waals surface area contributed by atoms with Crippen LogP contribution in [0.3, 0.4) is 0 Å². The van der Waals surface area contributed by atoms with Crippen LogP contribution in [0.1, 0.15) is 51.0 Å². The first kappa shape index (κ1) is 24.7. The monoisotopic (exact) mass is 444 g/mol. The molecule has 1 aliphatic rings. The summed E-state index contributed by atoms with van der Waals surface area (Å²) >= 11 is 0. The van der Waals surface area contributed by atoms with E-state index in [1.807, 2.05) is 0 Å². The van der Waals surface area contributed by atoms with Gasteiger partial charge in [0.25, 0.3) is 0 Å². The van der Waals surface area contributed by atoms with Gasteiger partial charge in [0.1, 0.15) is 0 Å². The normalized spacial score (nSPS) is 20.3. The highest BCUT2D eigenvalue weighted by molar-refractivity contribution is 7.89. The average Bonchev–Trinajstić information content (AvgIpc) is 2.71. The lowest BCUT2D eigenvalue weighted by molar-refractivity contribution is -0.137. The summed E-state index contributed by atoms with van der Waals surface area (Å²) in [6.45, 7) is 3.92. The van der Waals surface area contributed by atoms with Crippen LogP contribution in [0.25, 0.3) is 0 Å². The second kappa shape index (κ2) is 10.7. The van der Waals surface area contributed by atoms with Crippen molar-refractivity contribution in [3.63, 3.8) is 0 Å². The van der Waals surface area contributed by atoms with Gasteiger partial charge in [0.2, 0.25) is 10.0 Å². The summed E-state index contributed by atoms with van der Waals surface area (Å²) in [6.07, 6.45) is 0.707. The second-order valence-electron chi connectivity index (χ2n) is 8.01. The van der Waals surface area contributed by atoms with Gasteiger partial charge >= 0.3 is 6.18 Å². The predicted molar refractivity (Wildman–Crippen MR) is 112 cm³/mol. The maximum Gasteiger partial charge on any atom is 0.416 e. The van der Waals surface area contributed by atoms with Gasteiger partial charge in [-0.2, -0.15) is 17.5 Å². The van der Waals surface area contributed by atoms with Crippen molar-refractivity contribution in [1.82, 2.24) is 9.21 Å². The molecule has 4 nitrogen and oxygen atoms in total. The fourth-order valence-electron chi connectivity index (χ4n) is 3.76. The summed E-state index contributed by atoms with van der Waals surface area (Å²) in [5.41, 5.74) is -0.855. The molecule has 1 aromatic carbocycles. The van der Waals surface area contributed by atoms with E-state index in [9.17, 15) is 21.6 Å². The highest BCUT2D eigenvalue weighted by Gasteiger charge is 2.33. The molecule has 0 atom stereocenters. The molecule has 1 fully saturated rings. The first-order valence-electron chi connectivity index (χ1n) is 10.3. The quantitative estimate of drug-likeness (QED) is 0.576. The minimum Gasteiger partial charge on any atom is -0.295 e. The van der Waals surface area contributed by atoms with E-state index in [2.05, 4.69) is 30.7 Å².